The van der Waals surface area contributed by atoms with Crippen LogP contribution in [0.1, 0.15) is 23.1 Å². The number of carbonyl (C=O) groups excluding carboxylic acids is 1. The fourth-order valence-corrected chi connectivity index (χ4v) is 3.00. The van der Waals surface area contributed by atoms with Gasteiger partial charge >= 0.3 is 5.97 Å². The maximum absolute atomic E-state index is 11.2. The van der Waals surface area contributed by atoms with Crippen molar-refractivity contribution < 1.29 is 23.8 Å². The molecule has 0 spiro atoms. The van der Waals surface area contributed by atoms with Gasteiger partial charge in [-0.25, -0.2) is 0 Å². The van der Waals surface area contributed by atoms with Crippen molar-refractivity contribution in [3.8, 4) is 11.5 Å². The highest BCUT2D eigenvalue weighted by atomic mass is 16.6. The SMILES string of the molecule is CON=C(COc1ccc(COc2ccc(CCC(=O)OC)cc2)cc1)c1ccccc1. The number of carbonyl (C=O) groups is 1. The molecule has 0 unspecified atom stereocenters. The van der Waals surface area contributed by atoms with E-state index in [1.165, 1.54) is 14.2 Å². The summed E-state index contributed by atoms with van der Waals surface area (Å²) < 4.78 is 16.4. The molecule has 0 amide bonds. The number of nitrogens with zero attached hydrogens (tertiary/aromatic N) is 1. The van der Waals surface area contributed by atoms with Gasteiger partial charge in [0.2, 0.25) is 0 Å². The molecule has 0 atom stereocenters. The number of hydrogen-bond donors (Lipinski definition) is 0. The lowest BCUT2D eigenvalue weighted by atomic mass is 10.1. The van der Waals surface area contributed by atoms with Gasteiger partial charge in [0.05, 0.1) is 7.11 Å². The third-order valence-electron chi connectivity index (χ3n) is 4.78. The zero-order valence-electron chi connectivity index (χ0n) is 18.3. The van der Waals surface area contributed by atoms with E-state index in [0.29, 0.717) is 26.1 Å². The molecule has 0 bridgehead atoms. The molecule has 32 heavy (non-hydrogen) atoms. The minimum Gasteiger partial charge on any atom is -0.489 e. The Bertz CT molecular complexity index is 999. The van der Waals surface area contributed by atoms with Crippen molar-refractivity contribution >= 4 is 11.7 Å². The van der Waals surface area contributed by atoms with Gasteiger partial charge in [0, 0.05) is 12.0 Å². The van der Waals surface area contributed by atoms with Gasteiger partial charge in [0.15, 0.2) is 0 Å². The van der Waals surface area contributed by atoms with Gasteiger partial charge in [-0.15, -0.1) is 0 Å². The summed E-state index contributed by atoms with van der Waals surface area (Å²) in [6.45, 7) is 0.748. The Hall–Kier alpha value is -3.80. The van der Waals surface area contributed by atoms with Crippen LogP contribution in [0.2, 0.25) is 0 Å². The van der Waals surface area contributed by atoms with Crippen LogP contribution in [0.3, 0.4) is 0 Å². The Labute approximate surface area is 188 Å². The van der Waals surface area contributed by atoms with E-state index in [9.17, 15) is 4.79 Å². The van der Waals surface area contributed by atoms with E-state index in [-0.39, 0.29) is 5.97 Å². The van der Waals surface area contributed by atoms with Gasteiger partial charge in [0.25, 0.3) is 0 Å². The Morgan fingerprint density at radius 3 is 2.03 bits per heavy atom. The summed E-state index contributed by atoms with van der Waals surface area (Å²) in [5.74, 6) is 1.30. The number of aryl methyl sites for hydroxylation is 1. The van der Waals surface area contributed by atoms with Crippen molar-refractivity contribution in [1.29, 1.82) is 0 Å². The minimum absolute atomic E-state index is 0.208. The first-order chi connectivity index (χ1) is 15.7. The molecule has 0 fully saturated rings. The molecule has 0 aliphatic carbocycles. The third kappa shape index (κ3) is 7.16. The number of ether oxygens (including phenoxy) is 3. The predicted octanol–water partition coefficient (Wildman–Crippen LogP) is 4.80. The van der Waals surface area contributed by atoms with Crippen molar-refractivity contribution in [3.63, 3.8) is 0 Å². The van der Waals surface area contributed by atoms with Crippen LogP contribution in [0.25, 0.3) is 0 Å². The maximum atomic E-state index is 11.2. The Balaban J connectivity index is 1.48. The summed E-state index contributed by atoms with van der Waals surface area (Å²) in [5, 5.41) is 4.07. The fraction of sp³-hybridized carbons (Fsp3) is 0.231. The lowest BCUT2D eigenvalue weighted by Crippen LogP contribution is -2.13. The Morgan fingerprint density at radius 2 is 1.41 bits per heavy atom. The fourth-order valence-electron chi connectivity index (χ4n) is 3.00. The number of methoxy groups -OCH3 is 1. The van der Waals surface area contributed by atoms with Crippen molar-refractivity contribution in [2.24, 2.45) is 5.16 Å². The van der Waals surface area contributed by atoms with E-state index in [2.05, 4.69) is 9.89 Å². The first-order valence-electron chi connectivity index (χ1n) is 10.3. The summed E-state index contributed by atoms with van der Waals surface area (Å²) in [6, 6.07) is 25.3. The van der Waals surface area contributed by atoms with Crippen LogP contribution in [-0.4, -0.2) is 32.5 Å². The van der Waals surface area contributed by atoms with E-state index in [1.807, 2.05) is 78.9 Å². The smallest absolute Gasteiger partial charge is 0.305 e. The maximum Gasteiger partial charge on any atom is 0.305 e. The summed E-state index contributed by atoms with van der Waals surface area (Å²) in [6.07, 6.45) is 1.02. The standard InChI is InChI=1S/C26H27NO5/c1-29-26(28)17-12-20-8-13-23(14-9-20)31-18-21-10-15-24(16-11-21)32-19-25(27-30-2)22-6-4-3-5-7-22/h3-11,13-16H,12,17-19H2,1-2H3. The quantitative estimate of drug-likeness (QED) is 0.247. The average Bonchev–Trinajstić information content (AvgIpc) is 2.85. The van der Waals surface area contributed by atoms with Crippen LogP contribution in [0.15, 0.2) is 84.0 Å². The molecule has 0 N–H and O–H groups in total. The van der Waals surface area contributed by atoms with Crippen LogP contribution in [-0.2, 0) is 27.4 Å². The van der Waals surface area contributed by atoms with Gasteiger partial charge in [-0.1, -0.05) is 59.8 Å². The summed E-state index contributed by atoms with van der Waals surface area (Å²) in [4.78, 5) is 16.2. The van der Waals surface area contributed by atoms with Crippen LogP contribution >= 0.6 is 0 Å². The second kappa shape index (κ2) is 12.2. The van der Waals surface area contributed by atoms with Crippen molar-refractivity contribution in [3.05, 3.63) is 95.6 Å². The van der Waals surface area contributed by atoms with Crippen molar-refractivity contribution in [2.45, 2.75) is 19.4 Å². The molecule has 0 heterocycles. The zero-order chi connectivity index (χ0) is 22.6. The summed E-state index contributed by atoms with van der Waals surface area (Å²) in [5.41, 5.74) is 3.77. The van der Waals surface area contributed by atoms with E-state index in [0.717, 1.165) is 33.9 Å². The molecule has 0 aliphatic rings. The first kappa shape index (κ1) is 22.9. The Kier molecular flexibility index (Phi) is 8.69. The number of esters is 1. The zero-order valence-corrected chi connectivity index (χ0v) is 18.3. The molecule has 3 aromatic rings. The second-order valence-corrected chi connectivity index (χ2v) is 7.03. The largest absolute Gasteiger partial charge is 0.489 e. The summed E-state index contributed by atoms with van der Waals surface area (Å²) >= 11 is 0. The molecule has 166 valence electrons. The van der Waals surface area contributed by atoms with Crippen LogP contribution in [0.5, 0.6) is 11.5 Å². The third-order valence-corrected chi connectivity index (χ3v) is 4.78. The number of hydrogen-bond acceptors (Lipinski definition) is 6. The molecule has 6 heteroatoms. The second-order valence-electron chi connectivity index (χ2n) is 7.03. The normalized spacial score (nSPS) is 11.0. The molecule has 0 radical (unpaired) electrons. The molecule has 0 saturated heterocycles. The molecule has 0 aliphatic heterocycles. The Morgan fingerprint density at radius 1 is 0.781 bits per heavy atom. The van der Waals surface area contributed by atoms with Gasteiger partial charge in [-0.2, -0.15) is 0 Å². The van der Waals surface area contributed by atoms with Crippen molar-refractivity contribution in [1.82, 2.24) is 0 Å². The van der Waals surface area contributed by atoms with Crippen LogP contribution < -0.4 is 9.47 Å². The predicted molar refractivity (Wildman–Crippen MR) is 123 cm³/mol. The average molecular weight is 434 g/mol. The molecule has 0 aromatic heterocycles. The molecule has 6 nitrogen and oxygen atoms in total. The highest BCUT2D eigenvalue weighted by Gasteiger charge is 2.06. The van der Waals surface area contributed by atoms with E-state index in [1.54, 1.807) is 0 Å². The van der Waals surface area contributed by atoms with Gasteiger partial charge in [-0.05, 0) is 41.8 Å². The number of rotatable bonds is 11. The lowest BCUT2D eigenvalue weighted by Gasteiger charge is -2.10. The minimum atomic E-state index is -0.208. The molecular formula is C26H27NO5. The molecule has 3 rings (SSSR count). The van der Waals surface area contributed by atoms with Gasteiger partial charge < -0.3 is 19.0 Å². The molecular weight excluding hydrogens is 406 g/mol. The van der Waals surface area contributed by atoms with Gasteiger partial charge in [-0.3, -0.25) is 4.79 Å². The van der Waals surface area contributed by atoms with Crippen molar-refractivity contribution in [2.75, 3.05) is 20.8 Å². The van der Waals surface area contributed by atoms with E-state index in [4.69, 9.17) is 14.3 Å². The highest BCUT2D eigenvalue weighted by molar-refractivity contribution is 6.01. The topological polar surface area (TPSA) is 66.3 Å². The number of benzene rings is 3. The first-order valence-corrected chi connectivity index (χ1v) is 10.3. The monoisotopic (exact) mass is 433 g/mol. The van der Waals surface area contributed by atoms with Crippen LogP contribution in [0, 0.1) is 0 Å². The molecule has 3 aromatic carbocycles. The van der Waals surface area contributed by atoms with Crippen LogP contribution in [0.4, 0.5) is 0 Å². The highest BCUT2D eigenvalue weighted by Crippen LogP contribution is 2.18. The lowest BCUT2D eigenvalue weighted by molar-refractivity contribution is -0.140. The van der Waals surface area contributed by atoms with Gasteiger partial charge in [0.1, 0.15) is 37.5 Å². The van der Waals surface area contributed by atoms with E-state index >= 15 is 0 Å². The number of oxime groups is 1. The molecule has 0 saturated carbocycles. The van der Waals surface area contributed by atoms with E-state index < -0.39 is 0 Å². The summed E-state index contributed by atoms with van der Waals surface area (Å²) in [7, 11) is 2.92.